The van der Waals surface area contributed by atoms with Crippen molar-refractivity contribution >= 4 is 34.2 Å². The third-order valence-electron chi connectivity index (χ3n) is 4.15. The number of hydrogen-bond acceptors (Lipinski definition) is 0. The number of rotatable bonds is 0. The monoisotopic (exact) mass is 282 g/mol. The fourth-order valence-electron chi connectivity index (χ4n) is 3.31. The first-order valence-electron chi connectivity index (χ1n) is 4.55. The molecule has 0 radical (unpaired) electrons. The molecule has 0 aliphatic heterocycles. The standard InChI is InChI=1S/C9H12ClI/c10-9-4-8(11)7(9)3-5-1-2-6(5)9/h5-8H,1-4H2. The minimum absolute atomic E-state index is 0.286. The Hall–Kier alpha value is 1.02. The van der Waals surface area contributed by atoms with Gasteiger partial charge in [-0.25, -0.2) is 0 Å². The van der Waals surface area contributed by atoms with E-state index in [1.807, 2.05) is 0 Å². The molecular formula is C9H12ClI. The van der Waals surface area contributed by atoms with Crippen LogP contribution in [0.1, 0.15) is 25.7 Å². The van der Waals surface area contributed by atoms with E-state index in [2.05, 4.69) is 22.6 Å². The number of alkyl halides is 2. The summed E-state index contributed by atoms with van der Waals surface area (Å²) in [6.45, 7) is 0. The smallest absolute Gasteiger partial charge is 0.0525 e. The van der Waals surface area contributed by atoms with Gasteiger partial charge in [0.15, 0.2) is 0 Å². The summed E-state index contributed by atoms with van der Waals surface area (Å²) >= 11 is 9.18. The highest BCUT2D eigenvalue weighted by Gasteiger charge is 2.65. The summed E-state index contributed by atoms with van der Waals surface area (Å²) in [5, 5.41) is 0. The molecule has 0 amide bonds. The Kier molecular flexibility index (Phi) is 1.41. The second-order valence-corrected chi connectivity index (χ2v) is 6.74. The van der Waals surface area contributed by atoms with Crippen molar-refractivity contribution in [3.63, 3.8) is 0 Å². The predicted molar refractivity (Wildman–Crippen MR) is 55.3 cm³/mol. The van der Waals surface area contributed by atoms with Gasteiger partial charge in [0, 0.05) is 3.92 Å². The highest BCUT2D eigenvalue weighted by molar-refractivity contribution is 14.1. The summed E-state index contributed by atoms with van der Waals surface area (Å²) in [4.78, 5) is 0.286. The normalized spacial score (nSPS) is 66.0. The molecule has 0 saturated heterocycles. The molecule has 0 nitrogen and oxygen atoms in total. The van der Waals surface area contributed by atoms with Crippen molar-refractivity contribution in [3.05, 3.63) is 0 Å². The molecule has 11 heavy (non-hydrogen) atoms. The molecule has 3 saturated carbocycles. The quantitative estimate of drug-likeness (QED) is 0.473. The SMILES string of the molecule is ClC12CC(I)C1CC1CCC12. The van der Waals surface area contributed by atoms with E-state index in [0.29, 0.717) is 0 Å². The van der Waals surface area contributed by atoms with Crippen LogP contribution >= 0.6 is 34.2 Å². The molecule has 3 aliphatic carbocycles. The Bertz CT molecular complexity index is 206. The molecule has 62 valence electrons. The molecule has 0 bridgehead atoms. The Morgan fingerprint density at radius 1 is 1.27 bits per heavy atom. The van der Waals surface area contributed by atoms with Crippen LogP contribution in [0.2, 0.25) is 0 Å². The third-order valence-corrected chi connectivity index (χ3v) is 6.17. The molecule has 2 heteroatoms. The van der Waals surface area contributed by atoms with Gasteiger partial charge < -0.3 is 0 Å². The molecule has 5 unspecified atom stereocenters. The Morgan fingerprint density at radius 3 is 2.55 bits per heavy atom. The minimum atomic E-state index is 0.286. The molecule has 3 aliphatic rings. The lowest BCUT2D eigenvalue weighted by molar-refractivity contribution is 0.150. The first-order valence-corrected chi connectivity index (χ1v) is 6.17. The summed E-state index contributed by atoms with van der Waals surface area (Å²) in [6.07, 6.45) is 5.63. The van der Waals surface area contributed by atoms with E-state index in [-0.39, 0.29) is 4.87 Å². The summed E-state index contributed by atoms with van der Waals surface area (Å²) in [6, 6.07) is 0. The van der Waals surface area contributed by atoms with E-state index in [1.165, 1.54) is 25.7 Å². The number of hydrogen-bond donors (Lipinski definition) is 0. The molecule has 3 rings (SSSR count). The van der Waals surface area contributed by atoms with Gasteiger partial charge in [0.2, 0.25) is 0 Å². The van der Waals surface area contributed by atoms with Crippen molar-refractivity contribution in [2.24, 2.45) is 17.8 Å². The molecular weight excluding hydrogens is 270 g/mol. The third kappa shape index (κ3) is 0.731. The van der Waals surface area contributed by atoms with Crippen molar-refractivity contribution < 1.29 is 0 Å². The van der Waals surface area contributed by atoms with Crippen LogP contribution in [0.4, 0.5) is 0 Å². The van der Waals surface area contributed by atoms with Crippen LogP contribution < -0.4 is 0 Å². The zero-order valence-electron chi connectivity index (χ0n) is 6.39. The lowest BCUT2D eigenvalue weighted by atomic mass is 9.66. The molecule has 0 aromatic carbocycles. The second kappa shape index (κ2) is 2.09. The minimum Gasteiger partial charge on any atom is -0.119 e. The average Bonchev–Trinajstić information content (AvgIpc) is 1.97. The molecule has 0 aromatic heterocycles. The summed E-state index contributed by atoms with van der Waals surface area (Å²) in [5.74, 6) is 2.82. The van der Waals surface area contributed by atoms with Crippen molar-refractivity contribution in [3.8, 4) is 0 Å². The zero-order chi connectivity index (χ0) is 7.64. The molecule has 0 heterocycles. The molecule has 0 N–H and O–H groups in total. The van der Waals surface area contributed by atoms with E-state index < -0.39 is 0 Å². The first-order chi connectivity index (χ1) is 5.22. The van der Waals surface area contributed by atoms with Crippen LogP contribution in [0.15, 0.2) is 0 Å². The highest BCUT2D eigenvalue weighted by Crippen LogP contribution is 2.68. The summed E-state index contributed by atoms with van der Waals surface area (Å²) in [7, 11) is 0. The van der Waals surface area contributed by atoms with Gasteiger partial charge in [0.1, 0.15) is 0 Å². The Morgan fingerprint density at radius 2 is 2.09 bits per heavy atom. The maximum Gasteiger partial charge on any atom is 0.0525 e. The van der Waals surface area contributed by atoms with Crippen molar-refractivity contribution in [2.75, 3.05) is 0 Å². The van der Waals surface area contributed by atoms with E-state index in [4.69, 9.17) is 11.6 Å². The largest absolute Gasteiger partial charge is 0.119 e. The number of fused-ring (bicyclic) bond motifs is 3. The highest BCUT2D eigenvalue weighted by atomic mass is 127. The van der Waals surface area contributed by atoms with Crippen molar-refractivity contribution in [1.82, 2.24) is 0 Å². The maximum absolute atomic E-state index is 6.59. The second-order valence-electron chi connectivity index (χ2n) is 4.43. The van der Waals surface area contributed by atoms with Crippen LogP contribution in [-0.4, -0.2) is 8.80 Å². The van der Waals surface area contributed by atoms with Crippen LogP contribution in [0.5, 0.6) is 0 Å². The molecule has 3 fully saturated rings. The zero-order valence-corrected chi connectivity index (χ0v) is 9.31. The van der Waals surface area contributed by atoms with Gasteiger partial charge in [-0.15, -0.1) is 11.6 Å². The lowest BCUT2D eigenvalue weighted by Gasteiger charge is -2.50. The van der Waals surface area contributed by atoms with Gasteiger partial charge in [-0.3, -0.25) is 0 Å². The van der Waals surface area contributed by atoms with Crippen LogP contribution in [0.25, 0.3) is 0 Å². The summed E-state index contributed by atoms with van der Waals surface area (Å²) < 4.78 is 0.899. The summed E-state index contributed by atoms with van der Waals surface area (Å²) in [5.41, 5.74) is 0. The van der Waals surface area contributed by atoms with Gasteiger partial charge >= 0.3 is 0 Å². The van der Waals surface area contributed by atoms with Crippen molar-refractivity contribution in [2.45, 2.75) is 34.5 Å². The van der Waals surface area contributed by atoms with Crippen LogP contribution in [0.3, 0.4) is 0 Å². The van der Waals surface area contributed by atoms with Gasteiger partial charge in [0.05, 0.1) is 4.87 Å². The first kappa shape index (κ1) is 7.43. The Labute approximate surface area is 86.2 Å². The van der Waals surface area contributed by atoms with E-state index in [9.17, 15) is 0 Å². The van der Waals surface area contributed by atoms with Crippen LogP contribution in [0, 0.1) is 17.8 Å². The van der Waals surface area contributed by atoms with E-state index in [1.54, 1.807) is 0 Å². The van der Waals surface area contributed by atoms with Gasteiger partial charge in [-0.2, -0.15) is 0 Å². The topological polar surface area (TPSA) is 0 Å². The fourth-order valence-corrected chi connectivity index (χ4v) is 6.14. The van der Waals surface area contributed by atoms with Gasteiger partial charge in [0.25, 0.3) is 0 Å². The predicted octanol–water partition coefficient (Wildman–Crippen LogP) is 3.22. The lowest BCUT2D eigenvalue weighted by Crippen LogP contribution is -2.51. The number of halogens is 2. The van der Waals surface area contributed by atoms with E-state index >= 15 is 0 Å². The molecule has 0 spiro atoms. The van der Waals surface area contributed by atoms with Crippen molar-refractivity contribution in [1.29, 1.82) is 0 Å². The van der Waals surface area contributed by atoms with Gasteiger partial charge in [-0.1, -0.05) is 22.6 Å². The van der Waals surface area contributed by atoms with Crippen LogP contribution in [-0.2, 0) is 0 Å². The Balaban J connectivity index is 1.91. The average molecular weight is 283 g/mol. The molecule has 0 aromatic rings. The molecule has 5 atom stereocenters. The van der Waals surface area contributed by atoms with E-state index in [0.717, 1.165) is 21.7 Å². The maximum atomic E-state index is 6.59. The fraction of sp³-hybridized carbons (Fsp3) is 1.00. The van der Waals surface area contributed by atoms with Gasteiger partial charge in [-0.05, 0) is 43.4 Å².